The van der Waals surface area contributed by atoms with Crippen LogP contribution in [0, 0.1) is 0 Å². The van der Waals surface area contributed by atoms with Crippen LogP contribution in [0.4, 0.5) is 5.69 Å². The maximum absolute atomic E-state index is 12.9. The topological polar surface area (TPSA) is 115 Å². The molecule has 1 aliphatic carbocycles. The molecule has 196 valence electrons. The van der Waals surface area contributed by atoms with Crippen LogP contribution < -0.4 is 15.7 Å². The molecule has 1 N–H and O–H groups in total. The molecule has 1 aromatic heterocycles. The van der Waals surface area contributed by atoms with Crippen molar-refractivity contribution in [3.8, 4) is 5.75 Å². The standard InChI is InChI=1S/C27H30N2O7S/c1-18(26(30)28-19-6-5-7-21(16-19)37(32,33)29-12-14-34-15-13-29)35-20-10-11-23-22-8-3-2-4-9-24(22)27(31)36-25(23)17-20/h5-7,10-11,16-18H,2-4,8-9,12-15H2,1H3,(H,28,30). The molecule has 2 heterocycles. The molecule has 37 heavy (non-hydrogen) atoms. The number of nitrogens with one attached hydrogen (secondary N) is 1. The summed E-state index contributed by atoms with van der Waals surface area (Å²) in [5, 5.41) is 3.63. The zero-order valence-corrected chi connectivity index (χ0v) is 21.5. The summed E-state index contributed by atoms with van der Waals surface area (Å²) < 4.78 is 43.9. The highest BCUT2D eigenvalue weighted by molar-refractivity contribution is 7.89. The van der Waals surface area contributed by atoms with Crippen LogP contribution in [-0.4, -0.2) is 51.0 Å². The zero-order valence-electron chi connectivity index (χ0n) is 20.7. The van der Waals surface area contributed by atoms with Gasteiger partial charge in [0.25, 0.3) is 5.91 Å². The summed E-state index contributed by atoms with van der Waals surface area (Å²) in [5.41, 5.74) is 2.30. The second-order valence-electron chi connectivity index (χ2n) is 9.36. The highest BCUT2D eigenvalue weighted by Gasteiger charge is 2.27. The third-order valence-corrected chi connectivity index (χ3v) is 8.73. The average Bonchev–Trinajstić information content (AvgIpc) is 3.16. The van der Waals surface area contributed by atoms with E-state index in [-0.39, 0.29) is 10.5 Å². The van der Waals surface area contributed by atoms with E-state index in [0.29, 0.717) is 43.3 Å². The van der Waals surface area contributed by atoms with Gasteiger partial charge >= 0.3 is 5.63 Å². The van der Waals surface area contributed by atoms with Crippen LogP contribution in [0.3, 0.4) is 0 Å². The van der Waals surface area contributed by atoms with Gasteiger partial charge in [-0.3, -0.25) is 4.79 Å². The van der Waals surface area contributed by atoms with Gasteiger partial charge in [-0.15, -0.1) is 0 Å². The summed E-state index contributed by atoms with van der Waals surface area (Å²) in [6.07, 6.45) is 3.81. The number of amides is 1. The van der Waals surface area contributed by atoms with Crippen LogP contribution in [0.15, 0.2) is 56.6 Å². The molecule has 2 aromatic carbocycles. The molecule has 1 unspecified atom stereocenters. The Morgan fingerprint density at radius 2 is 1.78 bits per heavy atom. The lowest BCUT2D eigenvalue weighted by Gasteiger charge is -2.26. The number of nitrogens with zero attached hydrogens (tertiary/aromatic N) is 1. The van der Waals surface area contributed by atoms with Crippen molar-refractivity contribution in [2.45, 2.75) is 50.0 Å². The van der Waals surface area contributed by atoms with E-state index in [1.54, 1.807) is 31.2 Å². The Kier molecular flexibility index (Phi) is 7.32. The van der Waals surface area contributed by atoms with E-state index < -0.39 is 22.0 Å². The number of hydrogen-bond donors (Lipinski definition) is 1. The van der Waals surface area contributed by atoms with Gasteiger partial charge in [0.05, 0.1) is 18.1 Å². The van der Waals surface area contributed by atoms with Crippen molar-refractivity contribution in [3.05, 3.63) is 64.0 Å². The predicted octanol–water partition coefficient (Wildman–Crippen LogP) is 3.49. The lowest BCUT2D eigenvalue weighted by atomic mass is 10.0. The van der Waals surface area contributed by atoms with E-state index >= 15 is 0 Å². The Hall–Kier alpha value is -3.21. The molecule has 1 amide bonds. The van der Waals surface area contributed by atoms with Gasteiger partial charge in [0.1, 0.15) is 11.3 Å². The maximum atomic E-state index is 12.9. The molecule has 5 rings (SSSR count). The third kappa shape index (κ3) is 5.41. The first-order valence-corrected chi connectivity index (χ1v) is 14.0. The maximum Gasteiger partial charge on any atom is 0.339 e. The minimum Gasteiger partial charge on any atom is -0.481 e. The first kappa shape index (κ1) is 25.4. The van der Waals surface area contributed by atoms with Gasteiger partial charge in [-0.1, -0.05) is 12.5 Å². The number of anilines is 1. The monoisotopic (exact) mass is 526 g/mol. The zero-order chi connectivity index (χ0) is 26.0. The average molecular weight is 527 g/mol. The van der Waals surface area contributed by atoms with Crippen molar-refractivity contribution >= 4 is 32.6 Å². The summed E-state index contributed by atoms with van der Waals surface area (Å²) in [5.74, 6) is -0.0417. The molecule has 1 atom stereocenters. The van der Waals surface area contributed by atoms with Gasteiger partial charge in [-0.25, -0.2) is 13.2 Å². The van der Waals surface area contributed by atoms with Crippen molar-refractivity contribution in [1.82, 2.24) is 4.31 Å². The lowest BCUT2D eigenvalue weighted by Crippen LogP contribution is -2.40. The van der Waals surface area contributed by atoms with Crippen LogP contribution in [0.2, 0.25) is 0 Å². The fourth-order valence-electron chi connectivity index (χ4n) is 4.85. The van der Waals surface area contributed by atoms with Crippen molar-refractivity contribution in [1.29, 1.82) is 0 Å². The number of sulfonamides is 1. The van der Waals surface area contributed by atoms with Crippen LogP contribution in [0.5, 0.6) is 5.75 Å². The van der Waals surface area contributed by atoms with Crippen molar-refractivity contribution in [2.24, 2.45) is 0 Å². The first-order chi connectivity index (χ1) is 17.8. The Bertz CT molecular complexity index is 1480. The Morgan fingerprint density at radius 3 is 2.57 bits per heavy atom. The third-order valence-electron chi connectivity index (χ3n) is 6.84. The smallest absolute Gasteiger partial charge is 0.339 e. The van der Waals surface area contributed by atoms with Gasteiger partial charge in [0.15, 0.2) is 6.10 Å². The number of carbonyl (C=O) groups is 1. The molecule has 0 spiro atoms. The summed E-state index contributed by atoms with van der Waals surface area (Å²) in [4.78, 5) is 25.5. The Morgan fingerprint density at radius 1 is 1.03 bits per heavy atom. The highest BCUT2D eigenvalue weighted by atomic mass is 32.2. The molecule has 1 aliphatic heterocycles. The SMILES string of the molecule is CC(Oc1ccc2c3c(c(=O)oc2c1)CCCCC3)C(=O)Nc1cccc(S(=O)(=O)N2CCOCC2)c1. The van der Waals surface area contributed by atoms with Crippen LogP contribution >= 0.6 is 0 Å². The molecule has 10 heteroatoms. The van der Waals surface area contributed by atoms with Crippen molar-refractivity contribution in [3.63, 3.8) is 0 Å². The quantitative estimate of drug-likeness (QED) is 0.386. The number of carbonyl (C=O) groups excluding carboxylic acids is 1. The number of aryl methyl sites for hydroxylation is 1. The number of benzene rings is 2. The van der Waals surface area contributed by atoms with Crippen LogP contribution in [0.25, 0.3) is 11.0 Å². The molecule has 2 aliphatic rings. The first-order valence-electron chi connectivity index (χ1n) is 12.6. The highest BCUT2D eigenvalue weighted by Crippen LogP contribution is 2.29. The molecule has 0 radical (unpaired) electrons. The molecular formula is C27H30N2O7S. The number of morpholine rings is 1. The molecular weight excluding hydrogens is 496 g/mol. The molecule has 1 saturated heterocycles. The summed E-state index contributed by atoms with van der Waals surface area (Å²) in [6, 6.07) is 11.4. The van der Waals surface area contributed by atoms with E-state index in [9.17, 15) is 18.0 Å². The molecule has 0 bridgehead atoms. The minimum atomic E-state index is -3.69. The van der Waals surface area contributed by atoms with Crippen molar-refractivity contribution in [2.75, 3.05) is 31.6 Å². The van der Waals surface area contributed by atoms with Crippen LogP contribution in [0.1, 0.15) is 37.3 Å². The fourth-order valence-corrected chi connectivity index (χ4v) is 6.30. The summed E-state index contributed by atoms with van der Waals surface area (Å²) in [7, 11) is -3.69. The number of hydrogen-bond acceptors (Lipinski definition) is 7. The Labute approximate surface area is 215 Å². The van der Waals surface area contributed by atoms with Gasteiger partial charge in [-0.2, -0.15) is 4.31 Å². The van der Waals surface area contributed by atoms with Gasteiger partial charge in [-0.05, 0) is 68.5 Å². The van der Waals surface area contributed by atoms with Crippen LogP contribution in [-0.2, 0) is 32.4 Å². The summed E-state index contributed by atoms with van der Waals surface area (Å²) >= 11 is 0. The van der Waals surface area contributed by atoms with E-state index in [2.05, 4.69) is 5.32 Å². The number of fused-ring (bicyclic) bond motifs is 3. The van der Waals surface area contributed by atoms with E-state index in [1.807, 2.05) is 6.07 Å². The van der Waals surface area contributed by atoms with Gasteiger partial charge < -0.3 is 19.2 Å². The number of rotatable bonds is 6. The van der Waals surface area contributed by atoms with Crippen molar-refractivity contribution < 1.29 is 27.1 Å². The summed E-state index contributed by atoms with van der Waals surface area (Å²) in [6.45, 7) is 2.88. The predicted molar refractivity (Wildman–Crippen MR) is 138 cm³/mol. The van der Waals surface area contributed by atoms with E-state index in [1.165, 1.54) is 16.4 Å². The molecule has 0 saturated carbocycles. The van der Waals surface area contributed by atoms with E-state index in [0.717, 1.165) is 48.6 Å². The second-order valence-corrected chi connectivity index (χ2v) is 11.3. The normalized spacial score (nSPS) is 17.5. The fraction of sp³-hybridized carbons (Fsp3) is 0.407. The lowest BCUT2D eigenvalue weighted by molar-refractivity contribution is -0.122. The number of ether oxygens (including phenoxy) is 2. The second kappa shape index (κ2) is 10.6. The van der Waals surface area contributed by atoms with Gasteiger partial charge in [0.2, 0.25) is 10.0 Å². The molecule has 9 nitrogen and oxygen atoms in total. The molecule has 3 aromatic rings. The molecule has 1 fully saturated rings. The van der Waals surface area contributed by atoms with Gasteiger partial charge in [0, 0.05) is 35.8 Å². The minimum absolute atomic E-state index is 0.101. The Balaban J connectivity index is 1.30. The largest absolute Gasteiger partial charge is 0.481 e. The van der Waals surface area contributed by atoms with E-state index in [4.69, 9.17) is 13.9 Å².